The fourth-order valence-electron chi connectivity index (χ4n) is 0.794. The van der Waals surface area contributed by atoms with Crippen molar-refractivity contribution in [2.45, 2.75) is 6.42 Å². The van der Waals surface area contributed by atoms with E-state index in [2.05, 4.69) is 4.98 Å². The molecule has 0 aromatic carbocycles. The molecule has 0 unspecified atom stereocenters. The second kappa shape index (κ2) is 5.18. The van der Waals surface area contributed by atoms with Gasteiger partial charge in [0.15, 0.2) is 0 Å². The quantitative estimate of drug-likeness (QED) is 0.684. The van der Waals surface area contributed by atoms with E-state index >= 15 is 0 Å². The molecule has 64 valence electrons. The molecule has 0 aliphatic heterocycles. The molecule has 1 aromatic rings. The Labute approximate surface area is 82.0 Å². The first-order valence-electron chi connectivity index (χ1n) is 3.66. The van der Waals surface area contributed by atoms with Crippen LogP contribution < -0.4 is 0 Å². The zero-order chi connectivity index (χ0) is 8.81. The van der Waals surface area contributed by atoms with Gasteiger partial charge in [0.1, 0.15) is 0 Å². The number of allylic oxidation sites excluding steroid dienone is 1. The Kier molecular flexibility index (Phi) is 4.12. The van der Waals surface area contributed by atoms with Crippen LogP contribution in [0.25, 0.3) is 6.08 Å². The summed E-state index contributed by atoms with van der Waals surface area (Å²) < 4.78 is 0. The average Bonchev–Trinajstić information content (AvgIpc) is 2.09. The molecule has 1 heterocycles. The monoisotopic (exact) mass is 201 g/mol. The van der Waals surface area contributed by atoms with E-state index in [1.807, 2.05) is 18.2 Å². The molecule has 0 saturated heterocycles. The van der Waals surface area contributed by atoms with Gasteiger partial charge < -0.3 is 0 Å². The van der Waals surface area contributed by atoms with Gasteiger partial charge in [-0.3, -0.25) is 4.98 Å². The molecule has 1 rings (SSSR count). The van der Waals surface area contributed by atoms with Gasteiger partial charge in [0.2, 0.25) is 0 Å². The lowest BCUT2D eigenvalue weighted by atomic mass is 10.2. The molecule has 0 saturated carbocycles. The molecule has 3 heteroatoms. The van der Waals surface area contributed by atoms with Crippen LogP contribution in [0.15, 0.2) is 24.5 Å². The third-order valence-electron chi connectivity index (χ3n) is 1.38. The molecule has 0 fully saturated rings. The van der Waals surface area contributed by atoms with Crippen LogP contribution in [-0.4, -0.2) is 10.9 Å². The normalized spacial score (nSPS) is 10.8. The third kappa shape index (κ3) is 2.84. The molecule has 0 spiro atoms. The van der Waals surface area contributed by atoms with E-state index < -0.39 is 0 Å². The van der Waals surface area contributed by atoms with Crippen LogP contribution in [0.2, 0.25) is 5.02 Å². The van der Waals surface area contributed by atoms with E-state index in [1.54, 1.807) is 12.4 Å². The summed E-state index contributed by atoms with van der Waals surface area (Å²) in [4.78, 5) is 3.88. The van der Waals surface area contributed by atoms with Crippen molar-refractivity contribution in [3.63, 3.8) is 0 Å². The zero-order valence-electron chi connectivity index (χ0n) is 6.50. The van der Waals surface area contributed by atoms with Crippen molar-refractivity contribution >= 4 is 29.3 Å². The zero-order valence-corrected chi connectivity index (χ0v) is 8.02. The number of rotatable bonds is 3. The van der Waals surface area contributed by atoms with E-state index in [-0.39, 0.29) is 0 Å². The minimum absolute atomic E-state index is 0.638. The summed E-state index contributed by atoms with van der Waals surface area (Å²) in [5.41, 5.74) is 0.983. The van der Waals surface area contributed by atoms with E-state index in [0.717, 1.165) is 12.0 Å². The Morgan fingerprint density at radius 2 is 2.33 bits per heavy atom. The van der Waals surface area contributed by atoms with Gasteiger partial charge in [-0.1, -0.05) is 23.8 Å². The number of pyridine rings is 1. The van der Waals surface area contributed by atoms with Crippen LogP contribution in [0.5, 0.6) is 0 Å². The van der Waals surface area contributed by atoms with Gasteiger partial charge in [0.25, 0.3) is 0 Å². The number of halogens is 2. The maximum absolute atomic E-state index is 5.86. The molecule has 0 aliphatic carbocycles. The first-order valence-corrected chi connectivity index (χ1v) is 4.58. The van der Waals surface area contributed by atoms with Crippen LogP contribution in [0.3, 0.4) is 0 Å². The Hall–Kier alpha value is -0.530. The molecule has 0 aliphatic rings. The number of hydrogen-bond acceptors (Lipinski definition) is 1. The third-order valence-corrected chi connectivity index (χ3v) is 1.91. The molecule has 0 N–H and O–H groups in total. The van der Waals surface area contributed by atoms with Gasteiger partial charge in [0, 0.05) is 18.3 Å². The predicted molar refractivity (Wildman–Crippen MR) is 53.6 cm³/mol. The molecule has 1 aromatic heterocycles. The van der Waals surface area contributed by atoms with E-state index in [9.17, 15) is 0 Å². The van der Waals surface area contributed by atoms with Crippen LogP contribution in [0.4, 0.5) is 0 Å². The number of alkyl halides is 1. The van der Waals surface area contributed by atoms with E-state index in [1.165, 1.54) is 0 Å². The van der Waals surface area contributed by atoms with Gasteiger partial charge in [-0.05, 0) is 18.1 Å². The van der Waals surface area contributed by atoms with E-state index in [0.29, 0.717) is 10.9 Å². The summed E-state index contributed by atoms with van der Waals surface area (Å²) in [6, 6.07) is 1.87. The first kappa shape index (κ1) is 9.56. The number of hydrogen-bond donors (Lipinski definition) is 0. The van der Waals surface area contributed by atoms with Gasteiger partial charge in [-0.15, -0.1) is 11.6 Å². The second-order valence-electron chi connectivity index (χ2n) is 2.28. The minimum atomic E-state index is 0.638. The molecular weight excluding hydrogens is 193 g/mol. The van der Waals surface area contributed by atoms with Gasteiger partial charge >= 0.3 is 0 Å². The fourth-order valence-corrected chi connectivity index (χ4v) is 1.10. The van der Waals surface area contributed by atoms with Crippen molar-refractivity contribution in [1.29, 1.82) is 0 Å². The van der Waals surface area contributed by atoms with Gasteiger partial charge in [0.05, 0.1) is 5.02 Å². The molecule has 0 amide bonds. The number of nitrogens with zero attached hydrogens (tertiary/aromatic N) is 1. The van der Waals surface area contributed by atoms with Crippen LogP contribution in [0.1, 0.15) is 12.0 Å². The summed E-state index contributed by atoms with van der Waals surface area (Å²) in [5, 5.41) is 0.670. The topological polar surface area (TPSA) is 12.9 Å². The van der Waals surface area contributed by atoms with Gasteiger partial charge in [-0.2, -0.15) is 0 Å². The van der Waals surface area contributed by atoms with Crippen molar-refractivity contribution in [1.82, 2.24) is 4.98 Å². The highest BCUT2D eigenvalue weighted by Crippen LogP contribution is 2.14. The lowest BCUT2D eigenvalue weighted by Gasteiger charge is -1.94. The standard InChI is InChI=1S/C9H9Cl2N/c10-5-2-1-3-8-4-6-12-7-9(8)11/h1,3-4,6-7H,2,5H2. The van der Waals surface area contributed by atoms with E-state index in [4.69, 9.17) is 23.2 Å². The van der Waals surface area contributed by atoms with Crippen LogP contribution >= 0.6 is 23.2 Å². The van der Waals surface area contributed by atoms with Crippen molar-refractivity contribution in [3.8, 4) is 0 Å². The Morgan fingerprint density at radius 3 is 3.00 bits per heavy atom. The van der Waals surface area contributed by atoms with Crippen molar-refractivity contribution in [2.75, 3.05) is 5.88 Å². The predicted octanol–water partition coefficient (Wildman–Crippen LogP) is 3.38. The molecule has 0 radical (unpaired) electrons. The molecule has 0 atom stereocenters. The minimum Gasteiger partial charge on any atom is -0.263 e. The largest absolute Gasteiger partial charge is 0.263 e. The highest BCUT2D eigenvalue weighted by Gasteiger charge is 1.92. The summed E-state index contributed by atoms with van der Waals surface area (Å²) in [6.45, 7) is 0. The van der Waals surface area contributed by atoms with Gasteiger partial charge in [-0.25, -0.2) is 0 Å². The van der Waals surface area contributed by atoms with Crippen LogP contribution in [0, 0.1) is 0 Å². The van der Waals surface area contributed by atoms with Crippen molar-refractivity contribution in [2.24, 2.45) is 0 Å². The Morgan fingerprint density at radius 1 is 1.50 bits per heavy atom. The lowest BCUT2D eigenvalue weighted by molar-refractivity contribution is 1.24. The summed E-state index contributed by atoms with van der Waals surface area (Å²) in [6.07, 6.45) is 8.15. The molecular formula is C9H9Cl2N. The maximum atomic E-state index is 5.86. The summed E-state index contributed by atoms with van der Waals surface area (Å²) in [5.74, 6) is 0.638. The number of aromatic nitrogens is 1. The highest BCUT2D eigenvalue weighted by atomic mass is 35.5. The Balaban J connectivity index is 2.68. The first-order chi connectivity index (χ1) is 5.84. The molecule has 0 bridgehead atoms. The Bertz CT molecular complexity index is 271. The fraction of sp³-hybridized carbons (Fsp3) is 0.222. The van der Waals surface area contributed by atoms with Crippen LogP contribution in [-0.2, 0) is 0 Å². The van der Waals surface area contributed by atoms with Crippen molar-refractivity contribution in [3.05, 3.63) is 35.1 Å². The second-order valence-corrected chi connectivity index (χ2v) is 3.06. The summed E-state index contributed by atoms with van der Waals surface area (Å²) >= 11 is 11.4. The summed E-state index contributed by atoms with van der Waals surface area (Å²) in [7, 11) is 0. The van der Waals surface area contributed by atoms with Crippen molar-refractivity contribution < 1.29 is 0 Å². The molecule has 12 heavy (non-hydrogen) atoms. The smallest absolute Gasteiger partial charge is 0.0661 e. The molecule has 1 nitrogen and oxygen atoms in total. The lowest BCUT2D eigenvalue weighted by Crippen LogP contribution is -1.76. The average molecular weight is 202 g/mol. The highest BCUT2D eigenvalue weighted by molar-refractivity contribution is 6.31. The maximum Gasteiger partial charge on any atom is 0.0661 e. The SMILES string of the molecule is ClCCC=Cc1ccncc1Cl.